The number of hydrogen-bond donors (Lipinski definition) is 1. The Bertz CT molecular complexity index is 680. The predicted octanol–water partition coefficient (Wildman–Crippen LogP) is 0.831. The van der Waals surface area contributed by atoms with Crippen molar-refractivity contribution in [2.24, 2.45) is 5.92 Å². The molecule has 1 heterocycles. The number of benzene rings is 1. The van der Waals surface area contributed by atoms with Crippen LogP contribution >= 0.6 is 0 Å². The standard InChI is InChI=1S/C17H26N2O6S/c1-23-14-4-6-15(7-5-14)26(21,22)19-10-8-13(9-11-19)17(20)18-12-16(24-2)25-3/h4-7,13,16H,8-12H2,1-3H3,(H,18,20). The van der Waals surface area contributed by atoms with E-state index >= 15 is 0 Å². The molecule has 2 rings (SSSR count). The molecule has 146 valence electrons. The van der Waals surface area contributed by atoms with Crippen LogP contribution in [0.4, 0.5) is 0 Å². The van der Waals surface area contributed by atoms with Gasteiger partial charge in [0.15, 0.2) is 6.29 Å². The smallest absolute Gasteiger partial charge is 0.243 e. The fourth-order valence-electron chi connectivity index (χ4n) is 2.85. The summed E-state index contributed by atoms with van der Waals surface area (Å²) >= 11 is 0. The van der Waals surface area contributed by atoms with Crippen LogP contribution in [0, 0.1) is 5.92 Å². The van der Waals surface area contributed by atoms with Crippen LogP contribution in [0.15, 0.2) is 29.2 Å². The molecule has 1 aliphatic rings. The molecule has 1 amide bonds. The molecule has 0 aliphatic carbocycles. The van der Waals surface area contributed by atoms with Gasteiger partial charge in [0.2, 0.25) is 15.9 Å². The molecule has 0 atom stereocenters. The van der Waals surface area contributed by atoms with Gasteiger partial charge in [-0.3, -0.25) is 4.79 Å². The highest BCUT2D eigenvalue weighted by Gasteiger charge is 2.32. The second-order valence-electron chi connectivity index (χ2n) is 6.00. The molecule has 1 aromatic rings. The molecule has 1 N–H and O–H groups in total. The van der Waals surface area contributed by atoms with Gasteiger partial charge in [0.05, 0.1) is 18.6 Å². The van der Waals surface area contributed by atoms with E-state index in [0.717, 1.165) is 0 Å². The van der Waals surface area contributed by atoms with Crippen LogP contribution in [-0.4, -0.2) is 65.9 Å². The first-order valence-corrected chi connectivity index (χ1v) is 9.84. The molecule has 1 aliphatic heterocycles. The second kappa shape index (κ2) is 9.31. The largest absolute Gasteiger partial charge is 0.497 e. The normalized spacial score (nSPS) is 16.6. The first-order chi connectivity index (χ1) is 12.4. The minimum Gasteiger partial charge on any atom is -0.497 e. The Morgan fingerprint density at radius 2 is 1.73 bits per heavy atom. The topological polar surface area (TPSA) is 94.2 Å². The lowest BCUT2D eigenvalue weighted by molar-refractivity contribution is -0.131. The zero-order chi connectivity index (χ0) is 19.2. The maximum Gasteiger partial charge on any atom is 0.243 e. The third kappa shape index (κ3) is 4.94. The highest BCUT2D eigenvalue weighted by molar-refractivity contribution is 7.89. The van der Waals surface area contributed by atoms with E-state index in [1.54, 1.807) is 12.1 Å². The average molecular weight is 386 g/mol. The maximum absolute atomic E-state index is 12.7. The van der Waals surface area contributed by atoms with Gasteiger partial charge in [0.1, 0.15) is 5.75 Å². The van der Waals surface area contributed by atoms with Gasteiger partial charge in [-0.05, 0) is 37.1 Å². The highest BCUT2D eigenvalue weighted by Crippen LogP contribution is 2.25. The number of rotatable bonds is 8. The lowest BCUT2D eigenvalue weighted by Crippen LogP contribution is -2.44. The first-order valence-electron chi connectivity index (χ1n) is 8.40. The summed E-state index contributed by atoms with van der Waals surface area (Å²) in [7, 11) is 0.971. The summed E-state index contributed by atoms with van der Waals surface area (Å²) in [6.07, 6.45) is 0.465. The summed E-state index contributed by atoms with van der Waals surface area (Å²) in [6, 6.07) is 6.30. The molecule has 0 bridgehead atoms. The van der Waals surface area contributed by atoms with Crippen LogP contribution in [0.3, 0.4) is 0 Å². The predicted molar refractivity (Wildman–Crippen MR) is 95.3 cm³/mol. The van der Waals surface area contributed by atoms with Crippen molar-refractivity contribution >= 4 is 15.9 Å². The third-order valence-corrected chi connectivity index (χ3v) is 6.40. The second-order valence-corrected chi connectivity index (χ2v) is 7.94. The van der Waals surface area contributed by atoms with E-state index in [1.807, 2.05) is 0 Å². The Morgan fingerprint density at radius 1 is 1.15 bits per heavy atom. The minimum atomic E-state index is -3.56. The fourth-order valence-corrected chi connectivity index (χ4v) is 4.32. The Kier molecular flexibility index (Phi) is 7.39. The number of amides is 1. The van der Waals surface area contributed by atoms with Crippen molar-refractivity contribution in [3.8, 4) is 5.75 Å². The molecule has 9 heteroatoms. The zero-order valence-corrected chi connectivity index (χ0v) is 16.1. The number of nitrogens with one attached hydrogen (secondary N) is 1. The van der Waals surface area contributed by atoms with E-state index in [1.165, 1.54) is 37.8 Å². The van der Waals surface area contributed by atoms with Crippen LogP contribution in [0.25, 0.3) is 0 Å². The van der Waals surface area contributed by atoms with Gasteiger partial charge in [-0.15, -0.1) is 0 Å². The van der Waals surface area contributed by atoms with Gasteiger partial charge in [-0.25, -0.2) is 8.42 Å². The summed E-state index contributed by atoms with van der Waals surface area (Å²) in [5.74, 6) is 0.280. The number of piperidine rings is 1. The molecule has 8 nitrogen and oxygen atoms in total. The fraction of sp³-hybridized carbons (Fsp3) is 0.588. The van der Waals surface area contributed by atoms with E-state index in [9.17, 15) is 13.2 Å². The summed E-state index contributed by atoms with van der Waals surface area (Å²) < 4.78 is 42.0. The molecular formula is C17H26N2O6S. The molecule has 26 heavy (non-hydrogen) atoms. The number of hydrogen-bond acceptors (Lipinski definition) is 6. The van der Waals surface area contributed by atoms with Crippen molar-refractivity contribution in [3.63, 3.8) is 0 Å². The van der Waals surface area contributed by atoms with Crippen molar-refractivity contribution in [1.82, 2.24) is 9.62 Å². The van der Waals surface area contributed by atoms with Gasteiger partial charge in [-0.2, -0.15) is 4.31 Å². The van der Waals surface area contributed by atoms with E-state index < -0.39 is 16.3 Å². The average Bonchev–Trinajstić information content (AvgIpc) is 2.68. The maximum atomic E-state index is 12.7. The monoisotopic (exact) mass is 386 g/mol. The van der Waals surface area contributed by atoms with Gasteiger partial charge >= 0.3 is 0 Å². The SMILES string of the molecule is COc1ccc(S(=O)(=O)N2CCC(C(=O)NCC(OC)OC)CC2)cc1. The molecule has 1 fully saturated rings. The zero-order valence-electron chi connectivity index (χ0n) is 15.3. The molecule has 0 spiro atoms. The van der Waals surface area contributed by atoms with E-state index in [-0.39, 0.29) is 23.3 Å². The van der Waals surface area contributed by atoms with Gasteiger partial charge in [-0.1, -0.05) is 0 Å². The quantitative estimate of drug-likeness (QED) is 0.665. The highest BCUT2D eigenvalue weighted by atomic mass is 32.2. The summed E-state index contributed by atoms with van der Waals surface area (Å²) in [5.41, 5.74) is 0. The van der Waals surface area contributed by atoms with Crippen molar-refractivity contribution in [3.05, 3.63) is 24.3 Å². The van der Waals surface area contributed by atoms with E-state index in [4.69, 9.17) is 14.2 Å². The molecule has 1 saturated heterocycles. The Morgan fingerprint density at radius 3 is 2.23 bits per heavy atom. The Labute approximate surface area is 154 Å². The van der Waals surface area contributed by atoms with E-state index in [0.29, 0.717) is 31.7 Å². The van der Waals surface area contributed by atoms with Crippen LogP contribution in [-0.2, 0) is 24.3 Å². The van der Waals surface area contributed by atoms with Crippen LogP contribution < -0.4 is 10.1 Å². The number of carbonyl (C=O) groups excluding carboxylic acids is 1. The molecule has 0 radical (unpaired) electrons. The number of sulfonamides is 1. The Hall–Kier alpha value is -1.68. The third-order valence-electron chi connectivity index (χ3n) is 4.49. The molecule has 0 saturated carbocycles. The number of nitrogens with zero attached hydrogens (tertiary/aromatic N) is 1. The molecule has 0 unspecified atom stereocenters. The van der Waals surface area contributed by atoms with Crippen LogP contribution in [0.1, 0.15) is 12.8 Å². The lowest BCUT2D eigenvalue weighted by atomic mass is 9.97. The minimum absolute atomic E-state index is 0.106. The summed E-state index contributed by atoms with van der Waals surface area (Å²) in [6.45, 7) is 0.880. The number of methoxy groups -OCH3 is 3. The molecule has 1 aromatic carbocycles. The molecular weight excluding hydrogens is 360 g/mol. The summed E-state index contributed by atoms with van der Waals surface area (Å²) in [4.78, 5) is 12.5. The van der Waals surface area contributed by atoms with Crippen molar-refractivity contribution in [2.75, 3.05) is 41.0 Å². The lowest BCUT2D eigenvalue weighted by Gasteiger charge is -2.30. The molecule has 0 aromatic heterocycles. The van der Waals surface area contributed by atoms with Crippen LogP contribution in [0.2, 0.25) is 0 Å². The summed E-state index contributed by atoms with van der Waals surface area (Å²) in [5, 5.41) is 2.78. The first kappa shape index (κ1) is 20.6. The number of carbonyl (C=O) groups is 1. The van der Waals surface area contributed by atoms with Crippen LogP contribution in [0.5, 0.6) is 5.75 Å². The van der Waals surface area contributed by atoms with Gasteiger partial charge < -0.3 is 19.5 Å². The Balaban J connectivity index is 1.91. The number of ether oxygens (including phenoxy) is 3. The van der Waals surface area contributed by atoms with Crippen molar-refractivity contribution in [1.29, 1.82) is 0 Å². The van der Waals surface area contributed by atoms with Crippen molar-refractivity contribution < 1.29 is 27.4 Å². The van der Waals surface area contributed by atoms with Gasteiger partial charge in [0.25, 0.3) is 0 Å². The van der Waals surface area contributed by atoms with E-state index in [2.05, 4.69) is 5.32 Å². The van der Waals surface area contributed by atoms with Crippen molar-refractivity contribution in [2.45, 2.75) is 24.0 Å². The van der Waals surface area contributed by atoms with Gasteiger partial charge in [0, 0.05) is 33.2 Å².